The van der Waals surface area contributed by atoms with E-state index in [0.717, 1.165) is 5.56 Å². The fourth-order valence-corrected chi connectivity index (χ4v) is 1.77. The molecule has 2 N–H and O–H groups in total. The zero-order valence-corrected chi connectivity index (χ0v) is 11.3. The van der Waals surface area contributed by atoms with Gasteiger partial charge in [0.15, 0.2) is 0 Å². The van der Waals surface area contributed by atoms with E-state index in [1.807, 2.05) is 25.1 Å². The van der Waals surface area contributed by atoms with E-state index < -0.39 is 12.6 Å². The highest BCUT2D eigenvalue weighted by atomic mass is 19.3. The SMILES string of the molecule is Cc1cccc(NC(=O)Nc2cccc(OC(F)F)c2)c1. The second-order valence-corrected chi connectivity index (χ2v) is 4.35. The standard InChI is InChI=1S/C15H14F2N2O2/c1-10-4-2-5-11(8-10)18-15(20)19-12-6-3-7-13(9-12)21-14(16)17/h2-9,14H,1H3,(H2,18,19,20). The van der Waals surface area contributed by atoms with Gasteiger partial charge < -0.3 is 15.4 Å². The summed E-state index contributed by atoms with van der Waals surface area (Å²) in [4.78, 5) is 11.8. The van der Waals surface area contributed by atoms with Gasteiger partial charge in [0.1, 0.15) is 5.75 Å². The van der Waals surface area contributed by atoms with E-state index in [9.17, 15) is 13.6 Å². The third kappa shape index (κ3) is 4.76. The minimum Gasteiger partial charge on any atom is -0.435 e. The van der Waals surface area contributed by atoms with Crippen molar-refractivity contribution in [1.82, 2.24) is 0 Å². The second-order valence-electron chi connectivity index (χ2n) is 4.35. The summed E-state index contributed by atoms with van der Waals surface area (Å²) in [6.45, 7) is -0.991. The lowest BCUT2D eigenvalue weighted by Crippen LogP contribution is -2.19. The highest BCUT2D eigenvalue weighted by Gasteiger charge is 2.07. The van der Waals surface area contributed by atoms with Crippen molar-refractivity contribution in [3.05, 3.63) is 54.1 Å². The molecule has 110 valence electrons. The minimum atomic E-state index is -2.90. The Bertz CT molecular complexity index is 633. The summed E-state index contributed by atoms with van der Waals surface area (Å²) < 4.78 is 28.5. The lowest BCUT2D eigenvalue weighted by atomic mass is 10.2. The van der Waals surface area contributed by atoms with Crippen LogP contribution in [0.3, 0.4) is 0 Å². The van der Waals surface area contributed by atoms with Crippen LogP contribution >= 0.6 is 0 Å². The van der Waals surface area contributed by atoms with Crippen LogP contribution < -0.4 is 15.4 Å². The van der Waals surface area contributed by atoms with E-state index in [1.165, 1.54) is 18.2 Å². The Morgan fingerprint density at radius 2 is 1.67 bits per heavy atom. The van der Waals surface area contributed by atoms with E-state index >= 15 is 0 Å². The number of aryl methyl sites for hydroxylation is 1. The van der Waals surface area contributed by atoms with Crippen LogP contribution in [0.5, 0.6) is 5.75 Å². The van der Waals surface area contributed by atoms with Gasteiger partial charge in [0, 0.05) is 17.4 Å². The van der Waals surface area contributed by atoms with Crippen LogP contribution in [0, 0.1) is 6.92 Å². The average molecular weight is 292 g/mol. The third-order valence-electron chi connectivity index (χ3n) is 2.59. The fraction of sp³-hybridized carbons (Fsp3) is 0.133. The number of anilines is 2. The van der Waals surface area contributed by atoms with E-state index in [-0.39, 0.29) is 5.75 Å². The zero-order valence-electron chi connectivity index (χ0n) is 11.3. The molecule has 0 saturated heterocycles. The summed E-state index contributed by atoms with van der Waals surface area (Å²) in [7, 11) is 0. The van der Waals surface area contributed by atoms with Gasteiger partial charge in [-0.1, -0.05) is 18.2 Å². The summed E-state index contributed by atoms with van der Waals surface area (Å²) in [6.07, 6.45) is 0. The Morgan fingerprint density at radius 3 is 2.29 bits per heavy atom. The molecule has 2 aromatic rings. The quantitative estimate of drug-likeness (QED) is 0.885. The first kappa shape index (κ1) is 14.8. The first-order chi connectivity index (χ1) is 10.0. The summed E-state index contributed by atoms with van der Waals surface area (Å²) in [5.74, 6) is -0.0154. The Labute approximate surface area is 120 Å². The van der Waals surface area contributed by atoms with Crippen molar-refractivity contribution >= 4 is 17.4 Å². The molecule has 0 unspecified atom stereocenters. The predicted octanol–water partition coefficient (Wildman–Crippen LogP) is 4.24. The topological polar surface area (TPSA) is 50.4 Å². The molecule has 6 heteroatoms. The summed E-state index contributed by atoms with van der Waals surface area (Å²) in [5, 5.41) is 5.20. The van der Waals surface area contributed by atoms with E-state index in [2.05, 4.69) is 15.4 Å². The molecule has 0 radical (unpaired) electrons. The fourth-order valence-electron chi connectivity index (χ4n) is 1.77. The van der Waals surface area contributed by atoms with Crippen molar-refractivity contribution in [2.45, 2.75) is 13.5 Å². The van der Waals surface area contributed by atoms with Crippen molar-refractivity contribution in [2.24, 2.45) is 0 Å². The first-order valence-corrected chi connectivity index (χ1v) is 6.22. The molecular formula is C15H14F2N2O2. The van der Waals surface area contributed by atoms with Crippen LogP contribution in [0.4, 0.5) is 25.0 Å². The number of hydrogen-bond acceptors (Lipinski definition) is 2. The number of alkyl halides is 2. The smallest absolute Gasteiger partial charge is 0.387 e. The van der Waals surface area contributed by atoms with Crippen molar-refractivity contribution in [2.75, 3.05) is 10.6 Å². The predicted molar refractivity (Wildman–Crippen MR) is 76.9 cm³/mol. The number of carbonyl (C=O) groups is 1. The molecule has 4 nitrogen and oxygen atoms in total. The number of benzene rings is 2. The van der Waals surface area contributed by atoms with Gasteiger partial charge in [0.25, 0.3) is 0 Å². The number of carbonyl (C=O) groups excluding carboxylic acids is 1. The van der Waals surface area contributed by atoms with Gasteiger partial charge in [-0.2, -0.15) is 8.78 Å². The molecule has 0 aliphatic rings. The maximum atomic E-state index is 12.1. The molecule has 0 spiro atoms. The van der Waals surface area contributed by atoms with Gasteiger partial charge in [-0.25, -0.2) is 4.79 Å². The number of amides is 2. The summed E-state index contributed by atoms with van der Waals surface area (Å²) >= 11 is 0. The van der Waals surface area contributed by atoms with E-state index in [1.54, 1.807) is 12.1 Å². The monoisotopic (exact) mass is 292 g/mol. The number of halogens is 2. The molecule has 0 heterocycles. The number of hydrogen-bond donors (Lipinski definition) is 2. The summed E-state index contributed by atoms with van der Waals surface area (Å²) in [5.41, 5.74) is 2.02. The number of nitrogens with one attached hydrogen (secondary N) is 2. The molecule has 0 aliphatic carbocycles. The van der Waals surface area contributed by atoms with Gasteiger partial charge in [0.05, 0.1) is 0 Å². The van der Waals surface area contributed by atoms with Crippen LogP contribution in [-0.4, -0.2) is 12.6 Å². The second kappa shape index (κ2) is 6.69. The first-order valence-electron chi connectivity index (χ1n) is 6.22. The zero-order chi connectivity index (χ0) is 15.2. The Hall–Kier alpha value is -2.63. The third-order valence-corrected chi connectivity index (χ3v) is 2.59. The molecule has 0 fully saturated rings. The van der Waals surface area contributed by atoms with Crippen LogP contribution in [0.2, 0.25) is 0 Å². The molecule has 2 rings (SSSR count). The molecule has 2 amide bonds. The molecule has 0 aliphatic heterocycles. The number of urea groups is 1. The molecule has 21 heavy (non-hydrogen) atoms. The highest BCUT2D eigenvalue weighted by molar-refractivity contribution is 5.99. The van der Waals surface area contributed by atoms with Crippen molar-refractivity contribution in [3.8, 4) is 5.75 Å². The van der Waals surface area contributed by atoms with Crippen LogP contribution in [0.25, 0.3) is 0 Å². The van der Waals surface area contributed by atoms with Crippen LogP contribution in [0.1, 0.15) is 5.56 Å². The molecule has 0 aromatic heterocycles. The largest absolute Gasteiger partial charge is 0.435 e. The average Bonchev–Trinajstić information content (AvgIpc) is 2.37. The highest BCUT2D eigenvalue weighted by Crippen LogP contribution is 2.19. The normalized spacial score (nSPS) is 10.3. The van der Waals surface area contributed by atoms with E-state index in [4.69, 9.17) is 0 Å². The Kier molecular flexibility index (Phi) is 4.71. The molecule has 0 atom stereocenters. The molecule has 0 bridgehead atoms. The molecule has 0 saturated carbocycles. The molecular weight excluding hydrogens is 278 g/mol. The lowest BCUT2D eigenvalue weighted by molar-refractivity contribution is -0.0497. The van der Waals surface area contributed by atoms with Crippen LogP contribution in [0.15, 0.2) is 48.5 Å². The van der Waals surface area contributed by atoms with Crippen molar-refractivity contribution in [3.63, 3.8) is 0 Å². The molecule has 2 aromatic carbocycles. The van der Waals surface area contributed by atoms with Crippen LogP contribution in [-0.2, 0) is 0 Å². The van der Waals surface area contributed by atoms with Crippen molar-refractivity contribution in [1.29, 1.82) is 0 Å². The van der Waals surface area contributed by atoms with Gasteiger partial charge in [-0.05, 0) is 36.8 Å². The Balaban J connectivity index is 1.99. The van der Waals surface area contributed by atoms with Gasteiger partial charge in [0.2, 0.25) is 0 Å². The number of rotatable bonds is 4. The van der Waals surface area contributed by atoms with E-state index in [0.29, 0.717) is 11.4 Å². The summed E-state index contributed by atoms with van der Waals surface area (Å²) in [6, 6.07) is 12.6. The minimum absolute atomic E-state index is 0.0154. The van der Waals surface area contributed by atoms with Gasteiger partial charge in [-0.15, -0.1) is 0 Å². The maximum Gasteiger partial charge on any atom is 0.387 e. The maximum absolute atomic E-state index is 12.1. The van der Waals surface area contributed by atoms with Gasteiger partial charge in [-0.3, -0.25) is 0 Å². The Morgan fingerprint density at radius 1 is 1.05 bits per heavy atom. The van der Waals surface area contributed by atoms with Gasteiger partial charge >= 0.3 is 12.6 Å². The lowest BCUT2D eigenvalue weighted by Gasteiger charge is -2.10. The number of ether oxygens (including phenoxy) is 1. The van der Waals surface area contributed by atoms with Crippen molar-refractivity contribution < 1.29 is 18.3 Å².